The highest BCUT2D eigenvalue weighted by molar-refractivity contribution is 5.75. The van der Waals surface area contributed by atoms with Crippen LogP contribution in [0.25, 0.3) is 5.65 Å². The molecule has 6 nitrogen and oxygen atoms in total. The fraction of sp³-hybridized carbons (Fsp3) is 0.316. The first kappa shape index (κ1) is 17.4. The van der Waals surface area contributed by atoms with Crippen LogP contribution in [0.15, 0.2) is 42.6 Å². The fourth-order valence-electron chi connectivity index (χ4n) is 3.54. The van der Waals surface area contributed by atoms with Crippen LogP contribution in [0.5, 0.6) is 0 Å². The molecule has 1 fully saturated rings. The Hall–Kier alpha value is -3.03. The average molecular weight is 371 g/mol. The van der Waals surface area contributed by atoms with Gasteiger partial charge in [-0.3, -0.25) is 4.40 Å². The molecule has 3 aromatic rings. The number of hydrogen-bond donors (Lipinski definition) is 2. The van der Waals surface area contributed by atoms with E-state index in [1.165, 1.54) is 12.1 Å². The van der Waals surface area contributed by atoms with Gasteiger partial charge in [-0.15, -0.1) is 10.2 Å². The van der Waals surface area contributed by atoms with Crippen molar-refractivity contribution in [2.75, 3.05) is 0 Å². The highest BCUT2D eigenvalue weighted by Crippen LogP contribution is 2.42. The van der Waals surface area contributed by atoms with Gasteiger partial charge in [0.15, 0.2) is 11.5 Å². The second kappa shape index (κ2) is 6.61. The number of pyridine rings is 1. The topological polar surface area (TPSA) is 71.3 Å². The Morgan fingerprint density at radius 3 is 2.74 bits per heavy atom. The Kier molecular flexibility index (Phi) is 4.25. The van der Waals surface area contributed by atoms with E-state index in [9.17, 15) is 13.6 Å². The van der Waals surface area contributed by atoms with E-state index in [2.05, 4.69) is 20.8 Å². The van der Waals surface area contributed by atoms with Crippen molar-refractivity contribution in [3.63, 3.8) is 0 Å². The molecule has 27 heavy (non-hydrogen) atoms. The number of carbonyl (C=O) groups excluding carboxylic acids is 1. The van der Waals surface area contributed by atoms with Crippen LogP contribution in [0.3, 0.4) is 0 Å². The largest absolute Gasteiger partial charge is 0.329 e. The predicted molar refractivity (Wildman–Crippen MR) is 95.0 cm³/mol. The summed E-state index contributed by atoms with van der Waals surface area (Å²) in [5, 5.41) is 13.9. The van der Waals surface area contributed by atoms with Gasteiger partial charge >= 0.3 is 6.03 Å². The van der Waals surface area contributed by atoms with Crippen molar-refractivity contribution in [1.82, 2.24) is 25.2 Å². The Morgan fingerprint density at radius 1 is 1.22 bits per heavy atom. The summed E-state index contributed by atoms with van der Waals surface area (Å²) in [5.74, 6) is -0.689. The maximum absolute atomic E-state index is 14.2. The summed E-state index contributed by atoms with van der Waals surface area (Å²) < 4.78 is 29.3. The molecule has 1 saturated carbocycles. The van der Waals surface area contributed by atoms with Crippen molar-refractivity contribution in [1.29, 1.82) is 0 Å². The monoisotopic (exact) mass is 371 g/mol. The molecule has 140 valence electrons. The number of aromatic nitrogens is 3. The van der Waals surface area contributed by atoms with E-state index in [-0.39, 0.29) is 0 Å². The zero-order valence-corrected chi connectivity index (χ0v) is 14.7. The molecule has 8 heteroatoms. The summed E-state index contributed by atoms with van der Waals surface area (Å²) in [5.41, 5.74) is 0.186. The molecular weight excluding hydrogens is 352 g/mol. The van der Waals surface area contributed by atoms with Gasteiger partial charge in [0, 0.05) is 17.8 Å². The van der Waals surface area contributed by atoms with E-state index in [4.69, 9.17) is 0 Å². The number of urea groups is 1. The molecule has 1 aliphatic rings. The lowest BCUT2D eigenvalue weighted by Crippen LogP contribution is -2.54. The number of nitrogens with zero attached hydrogens (tertiary/aromatic N) is 3. The third-order valence-corrected chi connectivity index (χ3v) is 5.08. The Labute approximate surface area is 154 Å². The van der Waals surface area contributed by atoms with Crippen molar-refractivity contribution in [3.05, 3.63) is 65.6 Å². The van der Waals surface area contributed by atoms with E-state index in [0.29, 0.717) is 29.9 Å². The number of hydrogen-bond acceptors (Lipinski definition) is 3. The van der Waals surface area contributed by atoms with Crippen molar-refractivity contribution in [2.45, 2.75) is 37.8 Å². The van der Waals surface area contributed by atoms with Crippen LogP contribution >= 0.6 is 0 Å². The third kappa shape index (κ3) is 3.11. The average Bonchev–Trinajstić information content (AvgIpc) is 3.03. The van der Waals surface area contributed by atoms with Crippen LogP contribution in [-0.2, 0) is 5.54 Å². The molecule has 1 aromatic carbocycles. The van der Waals surface area contributed by atoms with Crippen LogP contribution in [-0.4, -0.2) is 20.6 Å². The van der Waals surface area contributed by atoms with Gasteiger partial charge in [0.1, 0.15) is 11.6 Å². The second-order valence-electron chi connectivity index (χ2n) is 6.87. The SMILES string of the molecule is CC(NC(=O)NC1(c2ccc(F)cc2F)CCC1)c1nnc2ccccn12. The molecule has 0 radical (unpaired) electrons. The number of halogens is 2. The molecule has 0 bridgehead atoms. The molecule has 1 atom stereocenters. The molecule has 0 aliphatic heterocycles. The van der Waals surface area contributed by atoms with Crippen LogP contribution < -0.4 is 10.6 Å². The van der Waals surface area contributed by atoms with Gasteiger partial charge < -0.3 is 10.6 Å². The van der Waals surface area contributed by atoms with Crippen molar-refractivity contribution < 1.29 is 13.6 Å². The van der Waals surface area contributed by atoms with E-state index < -0.39 is 29.2 Å². The number of nitrogens with one attached hydrogen (secondary N) is 2. The minimum absolute atomic E-state index is 0.311. The number of carbonyl (C=O) groups is 1. The Morgan fingerprint density at radius 2 is 2.04 bits per heavy atom. The predicted octanol–water partition coefficient (Wildman–Crippen LogP) is 3.45. The molecule has 0 spiro atoms. The van der Waals surface area contributed by atoms with Gasteiger partial charge in [0.2, 0.25) is 0 Å². The molecule has 2 heterocycles. The molecular formula is C19H19F2N5O. The molecule has 1 unspecified atom stereocenters. The summed E-state index contributed by atoms with van der Waals surface area (Å²) in [6.07, 6.45) is 3.89. The minimum atomic E-state index is -0.811. The Bertz CT molecular complexity index is 999. The van der Waals surface area contributed by atoms with E-state index in [0.717, 1.165) is 12.5 Å². The van der Waals surface area contributed by atoms with Gasteiger partial charge in [0.05, 0.1) is 11.6 Å². The number of rotatable bonds is 4. The lowest BCUT2D eigenvalue weighted by atomic mass is 9.71. The smallest absolute Gasteiger partial charge is 0.316 e. The first-order valence-corrected chi connectivity index (χ1v) is 8.82. The third-order valence-electron chi connectivity index (χ3n) is 5.08. The molecule has 2 amide bonds. The van der Waals surface area contributed by atoms with Crippen molar-refractivity contribution in [3.8, 4) is 0 Å². The van der Waals surface area contributed by atoms with Gasteiger partial charge in [-0.05, 0) is 44.4 Å². The summed E-state index contributed by atoms with van der Waals surface area (Å²) in [4.78, 5) is 12.6. The number of amides is 2. The number of benzene rings is 1. The van der Waals surface area contributed by atoms with Crippen LogP contribution in [0.4, 0.5) is 13.6 Å². The summed E-state index contributed by atoms with van der Waals surface area (Å²) in [7, 11) is 0. The summed E-state index contributed by atoms with van der Waals surface area (Å²) in [6, 6.07) is 8.16. The highest BCUT2D eigenvalue weighted by Gasteiger charge is 2.42. The lowest BCUT2D eigenvalue weighted by molar-refractivity contribution is 0.171. The first-order valence-electron chi connectivity index (χ1n) is 8.82. The molecule has 1 aliphatic carbocycles. The summed E-state index contributed by atoms with van der Waals surface area (Å²) in [6.45, 7) is 1.80. The van der Waals surface area contributed by atoms with Gasteiger partial charge in [-0.2, -0.15) is 0 Å². The molecule has 2 N–H and O–H groups in total. The quantitative estimate of drug-likeness (QED) is 0.738. The molecule has 2 aromatic heterocycles. The van der Waals surface area contributed by atoms with Crippen LogP contribution in [0.2, 0.25) is 0 Å². The minimum Gasteiger partial charge on any atom is -0.329 e. The van der Waals surface area contributed by atoms with Crippen molar-refractivity contribution in [2.24, 2.45) is 0 Å². The normalized spacial score (nSPS) is 16.6. The maximum Gasteiger partial charge on any atom is 0.316 e. The number of fused-ring (bicyclic) bond motifs is 1. The first-order chi connectivity index (χ1) is 13.0. The van der Waals surface area contributed by atoms with Gasteiger partial charge in [-0.1, -0.05) is 12.1 Å². The summed E-state index contributed by atoms with van der Waals surface area (Å²) >= 11 is 0. The maximum atomic E-state index is 14.2. The van der Waals surface area contributed by atoms with Gasteiger partial charge in [-0.25, -0.2) is 13.6 Å². The highest BCUT2D eigenvalue weighted by atomic mass is 19.1. The Balaban J connectivity index is 1.51. The van der Waals surface area contributed by atoms with Gasteiger partial charge in [0.25, 0.3) is 0 Å². The zero-order chi connectivity index (χ0) is 19.0. The molecule has 4 rings (SSSR count). The van der Waals surface area contributed by atoms with E-state index >= 15 is 0 Å². The van der Waals surface area contributed by atoms with E-state index in [1.54, 1.807) is 11.3 Å². The van der Waals surface area contributed by atoms with Crippen LogP contribution in [0.1, 0.15) is 43.6 Å². The molecule has 0 saturated heterocycles. The lowest BCUT2D eigenvalue weighted by Gasteiger charge is -2.43. The van der Waals surface area contributed by atoms with Crippen LogP contribution in [0, 0.1) is 11.6 Å². The zero-order valence-electron chi connectivity index (χ0n) is 14.7. The van der Waals surface area contributed by atoms with E-state index in [1.807, 2.05) is 24.4 Å². The fourth-order valence-corrected chi connectivity index (χ4v) is 3.54. The standard InChI is InChI=1S/C19H19F2N5O/c1-12(17-25-24-16-5-2-3-10-26(16)17)22-18(27)23-19(8-4-9-19)14-7-6-13(20)11-15(14)21/h2-3,5-7,10-12H,4,8-9H2,1H3,(H2,22,23,27). The second-order valence-corrected chi connectivity index (χ2v) is 6.87. The van der Waals surface area contributed by atoms with Crippen molar-refractivity contribution >= 4 is 11.7 Å².